The van der Waals surface area contributed by atoms with Crippen molar-refractivity contribution < 1.29 is 13.9 Å². The number of oxazole rings is 1. The first-order chi connectivity index (χ1) is 15.3. The minimum atomic E-state index is -0.143. The summed E-state index contributed by atoms with van der Waals surface area (Å²) in [6.45, 7) is 3.13. The summed E-state index contributed by atoms with van der Waals surface area (Å²) < 4.78 is 11.6. The van der Waals surface area contributed by atoms with Crippen LogP contribution in [0.25, 0.3) is 11.3 Å². The highest BCUT2D eigenvalue weighted by atomic mass is 16.5. The van der Waals surface area contributed by atoms with E-state index in [1.165, 1.54) is 25.7 Å². The van der Waals surface area contributed by atoms with Crippen molar-refractivity contribution in [2.24, 2.45) is 0 Å². The Morgan fingerprint density at radius 1 is 1.03 bits per heavy atom. The van der Waals surface area contributed by atoms with Crippen LogP contribution in [0.15, 0.2) is 53.5 Å². The molecule has 5 rings (SSSR count). The highest BCUT2D eigenvalue weighted by Gasteiger charge is 2.31. The second-order valence-electron chi connectivity index (χ2n) is 7.94. The Kier molecular flexibility index (Phi) is 5.52. The van der Waals surface area contributed by atoms with Crippen LogP contribution >= 0.6 is 0 Å². The largest absolute Gasteiger partial charge is 0.472 e. The minimum Gasteiger partial charge on any atom is -0.472 e. The van der Waals surface area contributed by atoms with Crippen molar-refractivity contribution in [3.05, 3.63) is 54.8 Å². The van der Waals surface area contributed by atoms with Gasteiger partial charge in [0, 0.05) is 37.7 Å². The summed E-state index contributed by atoms with van der Waals surface area (Å²) in [6, 6.07) is 11.5. The van der Waals surface area contributed by atoms with Gasteiger partial charge in [0.1, 0.15) is 18.2 Å². The van der Waals surface area contributed by atoms with E-state index < -0.39 is 0 Å². The predicted octanol–water partition coefficient (Wildman–Crippen LogP) is 3.42. The number of nitrogens with zero attached hydrogens (tertiary/aromatic N) is 5. The summed E-state index contributed by atoms with van der Waals surface area (Å²) in [7, 11) is 0. The van der Waals surface area contributed by atoms with Crippen LogP contribution in [0.2, 0.25) is 0 Å². The third kappa shape index (κ3) is 4.23. The number of likely N-dealkylation sites (tertiary alicyclic amines) is 1. The van der Waals surface area contributed by atoms with Crippen LogP contribution < -0.4 is 9.64 Å². The van der Waals surface area contributed by atoms with Gasteiger partial charge in [-0.3, -0.25) is 4.79 Å². The van der Waals surface area contributed by atoms with Gasteiger partial charge in [0.05, 0.1) is 6.54 Å². The van der Waals surface area contributed by atoms with Crippen molar-refractivity contribution in [3.8, 4) is 17.2 Å². The lowest BCUT2D eigenvalue weighted by molar-refractivity contribution is 0.0766. The maximum Gasteiger partial charge on any atom is 0.276 e. The molecule has 2 aromatic heterocycles. The third-order valence-electron chi connectivity index (χ3n) is 5.83. The first-order valence-corrected chi connectivity index (χ1v) is 10.8. The molecule has 2 aliphatic heterocycles. The van der Waals surface area contributed by atoms with E-state index in [1.54, 1.807) is 11.2 Å². The average molecular weight is 419 g/mol. The van der Waals surface area contributed by atoms with E-state index in [0.29, 0.717) is 30.4 Å². The van der Waals surface area contributed by atoms with Crippen molar-refractivity contribution >= 4 is 11.7 Å². The van der Waals surface area contributed by atoms with E-state index >= 15 is 0 Å². The Balaban J connectivity index is 1.24. The van der Waals surface area contributed by atoms with Crippen LogP contribution in [0.4, 0.5) is 5.82 Å². The molecular weight excluding hydrogens is 394 g/mol. The molecule has 2 saturated heterocycles. The standard InChI is InChI=1S/C23H25N5O3/c29-23(21-22(30-16-26-21)17-7-3-1-4-8-17)28-12-9-18(14-28)31-20-13-19(24-15-25-20)27-10-5-2-6-11-27/h1,3-4,7-8,13,15-16,18H,2,5-6,9-12,14H2. The minimum absolute atomic E-state index is 0.111. The zero-order valence-electron chi connectivity index (χ0n) is 17.3. The van der Waals surface area contributed by atoms with Gasteiger partial charge in [-0.05, 0) is 19.3 Å². The number of piperidine rings is 1. The Labute approximate surface area is 180 Å². The van der Waals surface area contributed by atoms with E-state index in [0.717, 1.165) is 30.9 Å². The number of ether oxygens (including phenoxy) is 1. The van der Waals surface area contributed by atoms with Gasteiger partial charge < -0.3 is 19.0 Å². The number of rotatable bonds is 5. The van der Waals surface area contributed by atoms with Gasteiger partial charge in [0.25, 0.3) is 5.91 Å². The van der Waals surface area contributed by atoms with Crippen LogP contribution in [0, 0.1) is 0 Å². The molecule has 2 aliphatic rings. The van der Waals surface area contributed by atoms with Crippen molar-refractivity contribution in [2.45, 2.75) is 31.8 Å². The summed E-state index contributed by atoms with van der Waals surface area (Å²) >= 11 is 0. The van der Waals surface area contributed by atoms with Crippen molar-refractivity contribution in [3.63, 3.8) is 0 Å². The van der Waals surface area contributed by atoms with Gasteiger partial charge in [0.2, 0.25) is 5.88 Å². The maximum absolute atomic E-state index is 13.1. The quantitative estimate of drug-likeness (QED) is 0.626. The van der Waals surface area contributed by atoms with Gasteiger partial charge in [0.15, 0.2) is 17.8 Å². The molecule has 8 nitrogen and oxygen atoms in total. The molecule has 0 aliphatic carbocycles. The predicted molar refractivity (Wildman–Crippen MR) is 115 cm³/mol. The van der Waals surface area contributed by atoms with Crippen LogP contribution in [-0.2, 0) is 0 Å². The number of hydrogen-bond donors (Lipinski definition) is 0. The van der Waals surface area contributed by atoms with Gasteiger partial charge in [-0.15, -0.1) is 0 Å². The lowest BCUT2D eigenvalue weighted by Crippen LogP contribution is -2.32. The smallest absolute Gasteiger partial charge is 0.276 e. The Morgan fingerprint density at radius 2 is 1.87 bits per heavy atom. The topological polar surface area (TPSA) is 84.6 Å². The van der Waals surface area contributed by atoms with E-state index in [-0.39, 0.29) is 12.0 Å². The van der Waals surface area contributed by atoms with Gasteiger partial charge in [-0.1, -0.05) is 30.3 Å². The Morgan fingerprint density at radius 3 is 2.71 bits per heavy atom. The van der Waals surface area contributed by atoms with Gasteiger partial charge >= 0.3 is 0 Å². The second kappa shape index (κ2) is 8.75. The summed E-state index contributed by atoms with van der Waals surface area (Å²) in [5.41, 5.74) is 1.17. The molecule has 1 aromatic carbocycles. The van der Waals surface area contributed by atoms with Crippen LogP contribution in [0.1, 0.15) is 36.2 Å². The second-order valence-corrected chi connectivity index (χ2v) is 7.94. The van der Waals surface area contributed by atoms with E-state index in [9.17, 15) is 4.79 Å². The highest BCUT2D eigenvalue weighted by molar-refractivity contribution is 5.97. The summed E-state index contributed by atoms with van der Waals surface area (Å²) in [6.07, 6.45) is 7.16. The molecule has 0 N–H and O–H groups in total. The lowest BCUT2D eigenvalue weighted by atomic mass is 10.1. The summed E-state index contributed by atoms with van der Waals surface area (Å²) in [5, 5.41) is 0. The molecule has 3 aromatic rings. The molecule has 2 fully saturated rings. The van der Waals surface area contributed by atoms with E-state index in [1.807, 2.05) is 36.4 Å². The maximum atomic E-state index is 13.1. The zero-order chi connectivity index (χ0) is 21.0. The summed E-state index contributed by atoms with van der Waals surface area (Å²) in [5.74, 6) is 1.82. The number of carbonyl (C=O) groups is 1. The molecule has 0 radical (unpaired) electrons. The molecule has 0 saturated carbocycles. The van der Waals surface area contributed by atoms with Crippen molar-refractivity contribution in [1.29, 1.82) is 0 Å². The third-order valence-corrected chi connectivity index (χ3v) is 5.83. The van der Waals surface area contributed by atoms with Gasteiger partial charge in [-0.2, -0.15) is 0 Å². The fourth-order valence-electron chi connectivity index (χ4n) is 4.21. The average Bonchev–Trinajstić information content (AvgIpc) is 3.50. The molecular formula is C23H25N5O3. The van der Waals surface area contributed by atoms with Crippen LogP contribution in [-0.4, -0.2) is 58.0 Å². The molecule has 1 unspecified atom stereocenters. The van der Waals surface area contributed by atoms with Crippen LogP contribution in [0.3, 0.4) is 0 Å². The molecule has 4 heterocycles. The molecule has 1 amide bonds. The SMILES string of the molecule is O=C(c1ncoc1-c1ccccc1)N1CCC(Oc2cc(N3CCCCC3)ncn2)C1. The number of amides is 1. The number of anilines is 1. The molecule has 8 heteroatoms. The fourth-order valence-corrected chi connectivity index (χ4v) is 4.21. The van der Waals surface area contributed by atoms with Gasteiger partial charge in [-0.25, -0.2) is 15.0 Å². The number of benzene rings is 1. The number of aromatic nitrogens is 3. The number of hydrogen-bond acceptors (Lipinski definition) is 7. The zero-order valence-corrected chi connectivity index (χ0v) is 17.3. The summed E-state index contributed by atoms with van der Waals surface area (Å²) in [4.78, 5) is 30.0. The van der Waals surface area contributed by atoms with E-state index in [2.05, 4.69) is 19.9 Å². The molecule has 160 valence electrons. The number of carbonyl (C=O) groups excluding carboxylic acids is 1. The normalized spacial score (nSPS) is 18.9. The first kappa shape index (κ1) is 19.5. The van der Waals surface area contributed by atoms with Crippen LogP contribution in [0.5, 0.6) is 5.88 Å². The lowest BCUT2D eigenvalue weighted by Gasteiger charge is -2.27. The first-order valence-electron chi connectivity index (χ1n) is 10.8. The van der Waals surface area contributed by atoms with Crippen molar-refractivity contribution in [2.75, 3.05) is 31.1 Å². The molecule has 1 atom stereocenters. The highest BCUT2D eigenvalue weighted by Crippen LogP contribution is 2.26. The molecule has 0 bridgehead atoms. The van der Waals surface area contributed by atoms with E-state index in [4.69, 9.17) is 9.15 Å². The monoisotopic (exact) mass is 419 g/mol. The molecule has 0 spiro atoms. The fraction of sp³-hybridized carbons (Fsp3) is 0.391. The Bertz CT molecular complexity index is 1030. The Hall–Kier alpha value is -3.42. The van der Waals surface area contributed by atoms with Crippen molar-refractivity contribution in [1.82, 2.24) is 19.9 Å². The molecule has 31 heavy (non-hydrogen) atoms.